The van der Waals surface area contributed by atoms with Gasteiger partial charge in [-0.25, -0.2) is 4.98 Å². The fourth-order valence-corrected chi connectivity index (χ4v) is 3.25. The van der Waals surface area contributed by atoms with E-state index in [1.165, 1.54) is 11.3 Å². The van der Waals surface area contributed by atoms with Crippen LogP contribution in [0.3, 0.4) is 0 Å². The van der Waals surface area contributed by atoms with Crippen LogP contribution in [0.4, 0.5) is 0 Å². The highest BCUT2D eigenvalue weighted by Crippen LogP contribution is 2.16. The summed E-state index contributed by atoms with van der Waals surface area (Å²) >= 11 is 1.41. The zero-order valence-corrected chi connectivity index (χ0v) is 16.5. The minimum absolute atomic E-state index is 0.195. The van der Waals surface area contributed by atoms with E-state index in [4.69, 9.17) is 4.74 Å². The van der Waals surface area contributed by atoms with Gasteiger partial charge in [0.1, 0.15) is 11.4 Å². The Balaban J connectivity index is 1.45. The number of amides is 2. The van der Waals surface area contributed by atoms with Crippen LogP contribution in [-0.2, 0) is 11.2 Å². The van der Waals surface area contributed by atoms with Gasteiger partial charge in [-0.05, 0) is 42.7 Å². The van der Waals surface area contributed by atoms with E-state index in [0.717, 1.165) is 21.7 Å². The topological polar surface area (TPSA) is 80.3 Å². The summed E-state index contributed by atoms with van der Waals surface area (Å²) in [7, 11) is 0. The van der Waals surface area contributed by atoms with Crippen molar-refractivity contribution in [3.05, 3.63) is 81.3 Å². The zero-order chi connectivity index (χ0) is 19.9. The molecule has 0 spiro atoms. The predicted molar refractivity (Wildman–Crippen MR) is 108 cm³/mol. The molecule has 1 heterocycles. The molecule has 0 atom stereocenters. The van der Waals surface area contributed by atoms with Crippen molar-refractivity contribution in [1.29, 1.82) is 0 Å². The van der Waals surface area contributed by atoms with E-state index in [-0.39, 0.29) is 12.3 Å². The maximum Gasteiger partial charge on any atom is 0.289 e. The van der Waals surface area contributed by atoms with E-state index in [1.54, 1.807) is 11.4 Å². The van der Waals surface area contributed by atoms with Crippen molar-refractivity contribution in [3.8, 4) is 5.75 Å². The van der Waals surface area contributed by atoms with Gasteiger partial charge in [0, 0.05) is 11.8 Å². The van der Waals surface area contributed by atoms with Gasteiger partial charge in [-0.15, -0.1) is 11.3 Å². The Morgan fingerprint density at radius 2 is 1.82 bits per heavy atom. The van der Waals surface area contributed by atoms with Crippen molar-refractivity contribution in [2.45, 2.75) is 20.3 Å². The van der Waals surface area contributed by atoms with Crippen LogP contribution in [0, 0.1) is 13.8 Å². The van der Waals surface area contributed by atoms with Crippen LogP contribution in [-0.4, -0.2) is 23.4 Å². The zero-order valence-electron chi connectivity index (χ0n) is 15.7. The second-order valence-electron chi connectivity index (χ2n) is 6.33. The number of thiazole rings is 1. The molecule has 28 heavy (non-hydrogen) atoms. The molecule has 1 aromatic heterocycles. The first-order chi connectivity index (χ1) is 13.5. The van der Waals surface area contributed by atoms with E-state index < -0.39 is 11.8 Å². The second kappa shape index (κ2) is 9.14. The predicted octanol–water partition coefficient (Wildman–Crippen LogP) is 3.19. The molecule has 144 valence electrons. The van der Waals surface area contributed by atoms with Gasteiger partial charge in [0.05, 0.1) is 5.01 Å². The largest absolute Gasteiger partial charge is 0.484 e. The summed E-state index contributed by atoms with van der Waals surface area (Å²) < 4.78 is 5.44. The fourth-order valence-electron chi connectivity index (χ4n) is 2.45. The van der Waals surface area contributed by atoms with Crippen LogP contribution in [0.2, 0.25) is 0 Å². The van der Waals surface area contributed by atoms with Gasteiger partial charge < -0.3 is 4.74 Å². The highest BCUT2D eigenvalue weighted by atomic mass is 32.1. The molecule has 0 radical (unpaired) electrons. The van der Waals surface area contributed by atoms with Gasteiger partial charge in [0.15, 0.2) is 6.61 Å². The average Bonchev–Trinajstić information content (AvgIpc) is 3.16. The summed E-state index contributed by atoms with van der Waals surface area (Å²) in [5.74, 6) is -0.309. The molecule has 2 aromatic carbocycles. The van der Waals surface area contributed by atoms with E-state index in [2.05, 4.69) is 15.8 Å². The lowest BCUT2D eigenvalue weighted by molar-refractivity contribution is -0.123. The molecule has 0 aliphatic rings. The monoisotopic (exact) mass is 395 g/mol. The molecule has 0 bridgehead atoms. The number of nitrogens with zero attached hydrogens (tertiary/aromatic N) is 1. The van der Waals surface area contributed by atoms with Crippen LogP contribution < -0.4 is 15.6 Å². The number of rotatable bonds is 6. The fraction of sp³-hybridized carbons (Fsp3) is 0.190. The molecule has 7 heteroatoms. The third-order valence-electron chi connectivity index (χ3n) is 4.15. The smallest absolute Gasteiger partial charge is 0.289 e. The molecule has 0 saturated carbocycles. The highest BCUT2D eigenvalue weighted by Gasteiger charge is 2.12. The van der Waals surface area contributed by atoms with E-state index in [1.807, 2.05) is 56.3 Å². The summed E-state index contributed by atoms with van der Waals surface area (Å²) in [6.45, 7) is 3.78. The number of hydrazine groups is 1. The quantitative estimate of drug-likeness (QED) is 0.628. The van der Waals surface area contributed by atoms with E-state index in [0.29, 0.717) is 12.2 Å². The minimum atomic E-state index is -0.463. The SMILES string of the molecule is Cc1ccc(OCC(=O)NNC(=O)c2csc(Cc3ccccc3)n2)cc1C. The molecule has 2 N–H and O–H groups in total. The summed E-state index contributed by atoms with van der Waals surface area (Å²) in [6, 6.07) is 15.5. The second-order valence-corrected chi connectivity index (χ2v) is 7.27. The summed E-state index contributed by atoms with van der Waals surface area (Å²) in [5, 5.41) is 2.51. The van der Waals surface area contributed by atoms with Gasteiger partial charge in [0.2, 0.25) is 0 Å². The number of carbonyl (C=O) groups is 2. The minimum Gasteiger partial charge on any atom is -0.484 e. The first kappa shape index (κ1) is 19.6. The number of hydrogen-bond acceptors (Lipinski definition) is 5. The number of carbonyl (C=O) groups excluding carboxylic acids is 2. The van der Waals surface area contributed by atoms with Crippen LogP contribution in [0.1, 0.15) is 32.2 Å². The Kier molecular flexibility index (Phi) is 6.39. The van der Waals surface area contributed by atoms with Crippen molar-refractivity contribution in [1.82, 2.24) is 15.8 Å². The Morgan fingerprint density at radius 1 is 1.04 bits per heavy atom. The average molecular weight is 395 g/mol. The first-order valence-corrected chi connectivity index (χ1v) is 9.67. The van der Waals surface area contributed by atoms with Crippen LogP contribution in [0.15, 0.2) is 53.9 Å². The molecule has 2 amide bonds. The van der Waals surface area contributed by atoms with Crippen molar-refractivity contribution in [2.24, 2.45) is 0 Å². The van der Waals surface area contributed by atoms with Crippen LogP contribution >= 0.6 is 11.3 Å². The molecular weight excluding hydrogens is 374 g/mol. The van der Waals surface area contributed by atoms with Crippen molar-refractivity contribution >= 4 is 23.2 Å². The molecular formula is C21H21N3O3S. The van der Waals surface area contributed by atoms with Gasteiger partial charge in [0.25, 0.3) is 11.8 Å². The van der Waals surface area contributed by atoms with E-state index in [9.17, 15) is 9.59 Å². The van der Waals surface area contributed by atoms with Crippen molar-refractivity contribution in [3.63, 3.8) is 0 Å². The lowest BCUT2D eigenvalue weighted by Gasteiger charge is -2.09. The normalized spacial score (nSPS) is 10.4. The summed E-state index contributed by atoms with van der Waals surface area (Å²) in [4.78, 5) is 28.3. The maximum absolute atomic E-state index is 12.1. The van der Waals surface area contributed by atoms with Gasteiger partial charge in [-0.1, -0.05) is 36.4 Å². The molecule has 0 aliphatic carbocycles. The molecule has 6 nitrogen and oxygen atoms in total. The standard InChI is InChI=1S/C21H21N3O3S/c1-14-8-9-17(10-15(14)2)27-12-19(25)23-24-21(26)18-13-28-20(22-18)11-16-6-4-3-5-7-16/h3-10,13H,11-12H2,1-2H3,(H,23,25)(H,24,26). The van der Waals surface area contributed by atoms with Crippen molar-refractivity contribution < 1.29 is 14.3 Å². The molecule has 3 aromatic rings. The third-order valence-corrected chi connectivity index (χ3v) is 5.00. The number of aryl methyl sites for hydroxylation is 2. The van der Waals surface area contributed by atoms with Crippen LogP contribution in [0.5, 0.6) is 5.75 Å². The Bertz CT molecular complexity index is 970. The number of aromatic nitrogens is 1. The number of nitrogens with one attached hydrogen (secondary N) is 2. The number of ether oxygens (including phenoxy) is 1. The Hall–Kier alpha value is -3.19. The van der Waals surface area contributed by atoms with Gasteiger partial charge >= 0.3 is 0 Å². The highest BCUT2D eigenvalue weighted by molar-refractivity contribution is 7.09. The number of hydrogen-bond donors (Lipinski definition) is 2. The Morgan fingerprint density at radius 3 is 2.57 bits per heavy atom. The molecule has 3 rings (SSSR count). The molecule has 0 unspecified atom stereocenters. The Labute approximate surface area is 167 Å². The van der Waals surface area contributed by atoms with E-state index >= 15 is 0 Å². The lowest BCUT2D eigenvalue weighted by atomic mass is 10.1. The molecule has 0 saturated heterocycles. The summed E-state index contributed by atoms with van der Waals surface area (Å²) in [6.07, 6.45) is 0.662. The first-order valence-electron chi connectivity index (χ1n) is 8.79. The molecule has 0 aliphatic heterocycles. The van der Waals surface area contributed by atoms with Crippen molar-refractivity contribution in [2.75, 3.05) is 6.61 Å². The van der Waals surface area contributed by atoms with Crippen LogP contribution in [0.25, 0.3) is 0 Å². The van der Waals surface area contributed by atoms with Gasteiger partial charge in [-0.3, -0.25) is 20.4 Å². The maximum atomic E-state index is 12.1. The lowest BCUT2D eigenvalue weighted by Crippen LogP contribution is -2.44. The number of benzene rings is 2. The summed E-state index contributed by atoms with van der Waals surface area (Å²) in [5.41, 5.74) is 8.33. The van der Waals surface area contributed by atoms with Gasteiger partial charge in [-0.2, -0.15) is 0 Å². The molecule has 0 fully saturated rings. The third kappa shape index (κ3) is 5.40.